The van der Waals surface area contributed by atoms with Crippen molar-refractivity contribution in [1.82, 2.24) is 5.32 Å². The highest BCUT2D eigenvalue weighted by Crippen LogP contribution is 2.43. The maximum absolute atomic E-state index is 3.70. The summed E-state index contributed by atoms with van der Waals surface area (Å²) in [6, 6.07) is 0. The molecular formula is C17H33N. The van der Waals surface area contributed by atoms with E-state index in [4.69, 9.17) is 0 Å². The summed E-state index contributed by atoms with van der Waals surface area (Å²) in [6.07, 6.45) is 10.5. The first-order chi connectivity index (χ1) is 8.66. The van der Waals surface area contributed by atoms with Gasteiger partial charge in [-0.1, -0.05) is 40.0 Å². The monoisotopic (exact) mass is 251 g/mol. The van der Waals surface area contributed by atoms with Gasteiger partial charge in [0.2, 0.25) is 0 Å². The Labute approximate surface area is 114 Å². The average Bonchev–Trinajstić information content (AvgIpc) is 2.78. The quantitative estimate of drug-likeness (QED) is 0.760. The van der Waals surface area contributed by atoms with E-state index in [0.717, 1.165) is 29.6 Å². The Kier molecular flexibility index (Phi) is 5.54. The molecule has 0 amide bonds. The van der Waals surface area contributed by atoms with E-state index in [0.29, 0.717) is 0 Å². The van der Waals surface area contributed by atoms with Crippen molar-refractivity contribution in [2.75, 3.05) is 13.1 Å². The summed E-state index contributed by atoms with van der Waals surface area (Å²) < 4.78 is 0. The number of hydrogen-bond acceptors (Lipinski definition) is 1. The molecule has 1 heteroatoms. The van der Waals surface area contributed by atoms with Gasteiger partial charge in [0.1, 0.15) is 0 Å². The van der Waals surface area contributed by atoms with Crippen LogP contribution in [0.15, 0.2) is 0 Å². The minimum Gasteiger partial charge on any atom is -0.316 e. The third-order valence-electron chi connectivity index (χ3n) is 5.34. The molecule has 2 unspecified atom stereocenters. The van der Waals surface area contributed by atoms with E-state index in [1.54, 1.807) is 0 Å². The Balaban J connectivity index is 1.76. The van der Waals surface area contributed by atoms with Crippen molar-refractivity contribution in [2.45, 2.75) is 65.7 Å². The van der Waals surface area contributed by atoms with Crippen molar-refractivity contribution in [1.29, 1.82) is 0 Å². The Morgan fingerprint density at radius 1 is 1.00 bits per heavy atom. The molecular weight excluding hydrogens is 218 g/mol. The van der Waals surface area contributed by atoms with Crippen LogP contribution < -0.4 is 5.32 Å². The zero-order chi connectivity index (χ0) is 13.0. The minimum absolute atomic E-state index is 0.792. The van der Waals surface area contributed by atoms with Gasteiger partial charge in [0.25, 0.3) is 0 Å². The van der Waals surface area contributed by atoms with Crippen molar-refractivity contribution in [3.8, 4) is 0 Å². The van der Waals surface area contributed by atoms with Crippen LogP contribution in [0.25, 0.3) is 0 Å². The SMILES string of the molecule is CC(C)CNCC1CCCC1C1CCC(C)CC1. The van der Waals surface area contributed by atoms with Gasteiger partial charge >= 0.3 is 0 Å². The molecule has 0 aromatic heterocycles. The van der Waals surface area contributed by atoms with Gasteiger partial charge in [-0.05, 0) is 68.4 Å². The fourth-order valence-electron chi connectivity index (χ4n) is 4.21. The summed E-state index contributed by atoms with van der Waals surface area (Å²) in [7, 11) is 0. The average molecular weight is 251 g/mol. The van der Waals surface area contributed by atoms with Crippen molar-refractivity contribution < 1.29 is 0 Å². The van der Waals surface area contributed by atoms with E-state index in [2.05, 4.69) is 26.1 Å². The van der Waals surface area contributed by atoms with E-state index in [1.807, 2.05) is 0 Å². The van der Waals surface area contributed by atoms with Gasteiger partial charge < -0.3 is 5.32 Å². The molecule has 1 nitrogen and oxygen atoms in total. The molecule has 2 fully saturated rings. The molecule has 0 aliphatic heterocycles. The summed E-state index contributed by atoms with van der Waals surface area (Å²) in [4.78, 5) is 0. The zero-order valence-electron chi connectivity index (χ0n) is 12.8. The lowest BCUT2D eigenvalue weighted by atomic mass is 9.73. The van der Waals surface area contributed by atoms with E-state index in [-0.39, 0.29) is 0 Å². The third kappa shape index (κ3) is 3.98. The van der Waals surface area contributed by atoms with Gasteiger partial charge in [-0.2, -0.15) is 0 Å². The lowest BCUT2D eigenvalue weighted by Crippen LogP contribution is -2.32. The van der Waals surface area contributed by atoms with E-state index in [9.17, 15) is 0 Å². The molecule has 2 saturated carbocycles. The van der Waals surface area contributed by atoms with E-state index in [1.165, 1.54) is 58.0 Å². The normalized spacial score (nSPS) is 37.3. The Morgan fingerprint density at radius 2 is 1.72 bits per heavy atom. The highest BCUT2D eigenvalue weighted by Gasteiger charge is 2.34. The molecule has 0 spiro atoms. The first-order valence-corrected chi connectivity index (χ1v) is 8.37. The van der Waals surface area contributed by atoms with E-state index >= 15 is 0 Å². The first kappa shape index (κ1) is 14.4. The van der Waals surface area contributed by atoms with Gasteiger partial charge in [0.15, 0.2) is 0 Å². The van der Waals surface area contributed by atoms with Crippen LogP contribution in [-0.2, 0) is 0 Å². The molecule has 18 heavy (non-hydrogen) atoms. The van der Waals surface area contributed by atoms with Gasteiger partial charge in [-0.3, -0.25) is 0 Å². The second kappa shape index (κ2) is 6.93. The van der Waals surface area contributed by atoms with Gasteiger partial charge in [-0.25, -0.2) is 0 Å². The van der Waals surface area contributed by atoms with Crippen molar-refractivity contribution >= 4 is 0 Å². The number of nitrogens with one attached hydrogen (secondary N) is 1. The van der Waals surface area contributed by atoms with Crippen LogP contribution in [0.4, 0.5) is 0 Å². The summed E-state index contributed by atoms with van der Waals surface area (Å²) in [5.41, 5.74) is 0. The highest BCUT2D eigenvalue weighted by atomic mass is 14.9. The van der Waals surface area contributed by atoms with Crippen molar-refractivity contribution in [3.63, 3.8) is 0 Å². The van der Waals surface area contributed by atoms with Gasteiger partial charge in [0.05, 0.1) is 0 Å². The molecule has 0 aromatic rings. The zero-order valence-corrected chi connectivity index (χ0v) is 12.8. The second-order valence-corrected chi connectivity index (χ2v) is 7.43. The Morgan fingerprint density at radius 3 is 2.39 bits per heavy atom. The van der Waals surface area contributed by atoms with Crippen molar-refractivity contribution in [3.05, 3.63) is 0 Å². The van der Waals surface area contributed by atoms with Crippen molar-refractivity contribution in [2.24, 2.45) is 29.6 Å². The predicted octanol–water partition coefficient (Wildman–Crippen LogP) is 4.47. The maximum atomic E-state index is 3.70. The predicted molar refractivity (Wildman–Crippen MR) is 79.7 cm³/mol. The molecule has 0 aromatic carbocycles. The topological polar surface area (TPSA) is 12.0 Å². The fraction of sp³-hybridized carbons (Fsp3) is 1.00. The summed E-state index contributed by atoms with van der Waals surface area (Å²) >= 11 is 0. The smallest absolute Gasteiger partial charge is 0.00177 e. The minimum atomic E-state index is 0.792. The van der Waals surface area contributed by atoms with Gasteiger partial charge in [-0.15, -0.1) is 0 Å². The standard InChI is InChI=1S/C17H33N/c1-13(2)11-18-12-16-5-4-6-17(16)15-9-7-14(3)8-10-15/h13-18H,4-12H2,1-3H3. The lowest BCUT2D eigenvalue weighted by Gasteiger charge is -2.34. The Bertz CT molecular complexity index is 228. The van der Waals surface area contributed by atoms with Crippen LogP contribution in [0.3, 0.4) is 0 Å². The largest absolute Gasteiger partial charge is 0.316 e. The molecule has 2 atom stereocenters. The van der Waals surface area contributed by atoms with Crippen LogP contribution >= 0.6 is 0 Å². The van der Waals surface area contributed by atoms with Crippen LogP contribution in [0, 0.1) is 29.6 Å². The fourth-order valence-corrected chi connectivity index (χ4v) is 4.21. The molecule has 2 aliphatic rings. The highest BCUT2D eigenvalue weighted by molar-refractivity contribution is 4.86. The molecule has 0 radical (unpaired) electrons. The summed E-state index contributed by atoms with van der Waals surface area (Å²) in [5.74, 6) is 4.90. The molecule has 0 heterocycles. The van der Waals surface area contributed by atoms with E-state index < -0.39 is 0 Å². The molecule has 2 aliphatic carbocycles. The van der Waals surface area contributed by atoms with Crippen LogP contribution in [0.2, 0.25) is 0 Å². The molecule has 2 rings (SSSR count). The molecule has 0 saturated heterocycles. The number of rotatable bonds is 5. The lowest BCUT2D eigenvalue weighted by molar-refractivity contribution is 0.174. The summed E-state index contributed by atoms with van der Waals surface area (Å²) in [5, 5.41) is 3.70. The first-order valence-electron chi connectivity index (χ1n) is 8.37. The molecule has 106 valence electrons. The number of hydrogen-bond donors (Lipinski definition) is 1. The Hall–Kier alpha value is -0.0400. The third-order valence-corrected chi connectivity index (χ3v) is 5.34. The van der Waals surface area contributed by atoms with Crippen LogP contribution in [-0.4, -0.2) is 13.1 Å². The molecule has 1 N–H and O–H groups in total. The summed E-state index contributed by atoms with van der Waals surface area (Å²) in [6.45, 7) is 9.54. The second-order valence-electron chi connectivity index (χ2n) is 7.43. The maximum Gasteiger partial charge on any atom is -0.00177 e. The van der Waals surface area contributed by atoms with Crippen LogP contribution in [0.5, 0.6) is 0 Å². The van der Waals surface area contributed by atoms with Crippen LogP contribution in [0.1, 0.15) is 65.7 Å². The molecule has 0 bridgehead atoms. The van der Waals surface area contributed by atoms with Gasteiger partial charge in [0, 0.05) is 0 Å².